The molecule has 0 atom stereocenters. The summed E-state index contributed by atoms with van der Waals surface area (Å²) >= 11 is 1.75. The van der Waals surface area contributed by atoms with Crippen LogP contribution in [0.2, 0.25) is 0 Å². The molecule has 0 saturated carbocycles. The van der Waals surface area contributed by atoms with Crippen LogP contribution in [-0.4, -0.2) is 24.2 Å². The second kappa shape index (κ2) is 8.04. The summed E-state index contributed by atoms with van der Waals surface area (Å²) in [6.45, 7) is 1.09. The van der Waals surface area contributed by atoms with Gasteiger partial charge < -0.3 is 11.1 Å². The lowest BCUT2D eigenvalue weighted by atomic mass is 9.92. The molecule has 0 saturated heterocycles. The van der Waals surface area contributed by atoms with Crippen molar-refractivity contribution in [2.24, 2.45) is 5.73 Å². The predicted octanol–water partition coefficient (Wildman–Crippen LogP) is 5.24. The van der Waals surface area contributed by atoms with E-state index in [9.17, 15) is 40.3 Å². The predicted molar refractivity (Wildman–Crippen MR) is 102 cm³/mol. The van der Waals surface area contributed by atoms with Gasteiger partial charge in [-0.2, -0.15) is 26.3 Å². The number of aryl methyl sites for hydroxylation is 1. The molecule has 0 bridgehead atoms. The molecule has 0 aliphatic rings. The van der Waals surface area contributed by atoms with Gasteiger partial charge in [0, 0.05) is 14.8 Å². The van der Waals surface area contributed by atoms with Gasteiger partial charge in [0.05, 0.1) is 11.1 Å². The summed E-state index contributed by atoms with van der Waals surface area (Å²) in [6, 6.07) is 5.58. The number of carbonyl (C=O) groups excluding carboxylic acids is 2. The van der Waals surface area contributed by atoms with Gasteiger partial charge in [-0.15, -0.1) is 0 Å². The standard InChI is InChI=1S/C18H12F7IN2O2/c1-8-7-9(16(19,17(20,21)22)18(23,24)25)5-6-12(8)28-15(30)13-10(14(27)29)3-2-4-11(13)26/h2-7H,1H3,(H2,27,29)(H,28,30). The molecule has 0 unspecified atom stereocenters. The number of alkyl halides is 7. The first-order chi connectivity index (χ1) is 13.6. The van der Waals surface area contributed by atoms with Gasteiger partial charge >= 0.3 is 18.0 Å². The summed E-state index contributed by atoms with van der Waals surface area (Å²) in [6.07, 6.45) is -12.5. The molecular formula is C18H12F7IN2O2. The van der Waals surface area contributed by atoms with E-state index in [0.29, 0.717) is 15.7 Å². The zero-order valence-electron chi connectivity index (χ0n) is 14.9. The maximum Gasteiger partial charge on any atom is 0.435 e. The molecule has 0 aromatic heterocycles. The number of anilines is 1. The van der Waals surface area contributed by atoms with Crippen molar-refractivity contribution in [1.82, 2.24) is 0 Å². The van der Waals surface area contributed by atoms with E-state index >= 15 is 0 Å². The normalized spacial score (nSPS) is 12.6. The average Bonchev–Trinajstić information content (AvgIpc) is 2.60. The van der Waals surface area contributed by atoms with Crippen LogP contribution in [0.15, 0.2) is 36.4 Å². The van der Waals surface area contributed by atoms with Crippen molar-refractivity contribution in [1.29, 1.82) is 0 Å². The topological polar surface area (TPSA) is 72.2 Å². The Kier molecular flexibility index (Phi) is 6.40. The lowest BCUT2D eigenvalue weighted by molar-refractivity contribution is -0.348. The van der Waals surface area contributed by atoms with E-state index < -0.39 is 35.4 Å². The maximum atomic E-state index is 14.2. The Hall–Kier alpha value is -2.38. The van der Waals surface area contributed by atoms with Gasteiger partial charge in [-0.3, -0.25) is 9.59 Å². The van der Waals surface area contributed by atoms with Gasteiger partial charge in [-0.05, 0) is 53.3 Å². The molecule has 12 heteroatoms. The molecule has 3 N–H and O–H groups in total. The van der Waals surface area contributed by atoms with Gasteiger partial charge in [0.15, 0.2) is 0 Å². The second-order valence-corrected chi connectivity index (χ2v) is 7.33. The number of hydrogen-bond donors (Lipinski definition) is 2. The van der Waals surface area contributed by atoms with Gasteiger partial charge in [-0.25, -0.2) is 4.39 Å². The summed E-state index contributed by atoms with van der Waals surface area (Å²) < 4.78 is 91.9. The minimum Gasteiger partial charge on any atom is -0.366 e. The lowest BCUT2D eigenvalue weighted by Gasteiger charge is -2.30. The minimum absolute atomic E-state index is 0.125. The van der Waals surface area contributed by atoms with Crippen LogP contribution in [0.3, 0.4) is 0 Å². The highest BCUT2D eigenvalue weighted by Gasteiger charge is 2.73. The number of hydrogen-bond acceptors (Lipinski definition) is 2. The smallest absolute Gasteiger partial charge is 0.366 e. The molecule has 0 heterocycles. The number of halogens is 8. The highest BCUT2D eigenvalue weighted by atomic mass is 127. The number of primary amides is 1. The molecular weight excluding hydrogens is 536 g/mol. The molecule has 30 heavy (non-hydrogen) atoms. The Morgan fingerprint density at radius 2 is 1.53 bits per heavy atom. The number of benzene rings is 2. The van der Waals surface area contributed by atoms with Crippen LogP contribution in [0.5, 0.6) is 0 Å². The van der Waals surface area contributed by atoms with Crippen molar-refractivity contribution in [2.45, 2.75) is 24.9 Å². The summed E-state index contributed by atoms with van der Waals surface area (Å²) in [5, 5.41) is 2.28. The number of nitrogens with two attached hydrogens (primary N) is 1. The molecule has 0 radical (unpaired) electrons. The molecule has 0 fully saturated rings. The van der Waals surface area contributed by atoms with Crippen LogP contribution in [0, 0.1) is 10.5 Å². The van der Waals surface area contributed by atoms with Crippen molar-refractivity contribution >= 4 is 40.1 Å². The van der Waals surface area contributed by atoms with Gasteiger partial charge in [0.2, 0.25) is 5.91 Å². The first kappa shape index (κ1) is 23.9. The molecule has 0 spiro atoms. The molecule has 0 aliphatic heterocycles. The van der Waals surface area contributed by atoms with Crippen LogP contribution in [0.1, 0.15) is 31.8 Å². The Morgan fingerprint density at radius 3 is 2.00 bits per heavy atom. The Balaban J connectivity index is 2.47. The molecule has 2 rings (SSSR count). The van der Waals surface area contributed by atoms with E-state index in [2.05, 4.69) is 5.32 Å². The number of carbonyl (C=O) groups is 2. The number of rotatable bonds is 4. The molecule has 0 aliphatic carbocycles. The van der Waals surface area contributed by atoms with Crippen molar-refractivity contribution < 1.29 is 40.3 Å². The SMILES string of the molecule is Cc1cc(C(F)(C(F)(F)F)C(F)(F)F)ccc1NC(=O)c1c(I)cccc1C(N)=O. The van der Waals surface area contributed by atoms with E-state index in [4.69, 9.17) is 5.73 Å². The first-order valence-corrected chi connectivity index (χ1v) is 9.02. The van der Waals surface area contributed by atoms with Gasteiger partial charge in [0.1, 0.15) is 0 Å². The number of nitrogens with one attached hydrogen (secondary N) is 1. The molecule has 2 aromatic rings. The average molecular weight is 548 g/mol. The highest BCUT2D eigenvalue weighted by Crippen LogP contribution is 2.53. The molecule has 2 aromatic carbocycles. The maximum absolute atomic E-state index is 14.2. The van der Waals surface area contributed by atoms with Crippen molar-refractivity contribution in [3.63, 3.8) is 0 Å². The van der Waals surface area contributed by atoms with Gasteiger partial charge in [0.25, 0.3) is 5.91 Å². The van der Waals surface area contributed by atoms with Gasteiger partial charge in [-0.1, -0.05) is 18.2 Å². The largest absolute Gasteiger partial charge is 0.435 e. The minimum atomic E-state index is -6.25. The molecule has 2 amide bonds. The third-order valence-corrected chi connectivity index (χ3v) is 5.06. The highest BCUT2D eigenvalue weighted by molar-refractivity contribution is 14.1. The van der Waals surface area contributed by atoms with E-state index in [1.807, 2.05) is 0 Å². The fourth-order valence-electron chi connectivity index (χ4n) is 2.65. The van der Waals surface area contributed by atoms with Crippen LogP contribution < -0.4 is 11.1 Å². The van der Waals surface area contributed by atoms with Crippen molar-refractivity contribution in [3.05, 3.63) is 62.2 Å². The zero-order valence-corrected chi connectivity index (χ0v) is 17.0. The third-order valence-electron chi connectivity index (χ3n) is 4.16. The Bertz CT molecular complexity index is 989. The van der Waals surface area contributed by atoms with Crippen molar-refractivity contribution in [2.75, 3.05) is 5.32 Å². The molecule has 4 nitrogen and oxygen atoms in total. The summed E-state index contributed by atoms with van der Waals surface area (Å²) in [7, 11) is 0. The summed E-state index contributed by atoms with van der Waals surface area (Å²) in [5.74, 6) is -1.79. The van der Waals surface area contributed by atoms with E-state index in [1.54, 1.807) is 22.6 Å². The molecule has 162 valence electrons. The first-order valence-electron chi connectivity index (χ1n) is 7.94. The fraction of sp³-hybridized carbons (Fsp3) is 0.222. The Labute approximate surface area is 178 Å². The third kappa shape index (κ3) is 4.23. The fourth-order valence-corrected chi connectivity index (χ4v) is 3.39. The lowest BCUT2D eigenvalue weighted by Crippen LogP contribution is -2.50. The van der Waals surface area contributed by atoms with Crippen LogP contribution in [-0.2, 0) is 5.67 Å². The van der Waals surface area contributed by atoms with E-state index in [0.717, 1.165) is 6.92 Å². The van der Waals surface area contributed by atoms with Crippen LogP contribution in [0.4, 0.5) is 36.4 Å². The van der Waals surface area contributed by atoms with E-state index in [1.165, 1.54) is 18.2 Å². The van der Waals surface area contributed by atoms with E-state index in [-0.39, 0.29) is 28.4 Å². The Morgan fingerprint density at radius 1 is 0.967 bits per heavy atom. The van der Waals surface area contributed by atoms with Crippen LogP contribution >= 0.6 is 22.6 Å². The summed E-state index contributed by atoms with van der Waals surface area (Å²) in [4.78, 5) is 24.1. The number of amides is 2. The monoisotopic (exact) mass is 548 g/mol. The van der Waals surface area contributed by atoms with Crippen LogP contribution in [0.25, 0.3) is 0 Å². The quantitative estimate of drug-likeness (QED) is 0.406. The van der Waals surface area contributed by atoms with Crippen molar-refractivity contribution in [3.8, 4) is 0 Å². The zero-order chi connectivity index (χ0) is 23.1. The summed E-state index contributed by atoms with van der Waals surface area (Å²) in [5.41, 5.74) is -2.74. The second-order valence-electron chi connectivity index (χ2n) is 6.16.